The predicted molar refractivity (Wildman–Crippen MR) is 129 cm³/mol. The lowest BCUT2D eigenvalue weighted by Crippen LogP contribution is -2.39. The third-order valence-electron chi connectivity index (χ3n) is 5.79. The Bertz CT molecular complexity index is 1210. The highest BCUT2D eigenvalue weighted by Crippen LogP contribution is 2.35. The molecule has 0 aliphatic carbocycles. The molecular weight excluding hydrogens is 471 g/mol. The van der Waals surface area contributed by atoms with Crippen LogP contribution in [0.3, 0.4) is 0 Å². The maximum absolute atomic E-state index is 13.6. The summed E-state index contributed by atoms with van der Waals surface area (Å²) >= 11 is 1.18. The summed E-state index contributed by atoms with van der Waals surface area (Å²) in [6.45, 7) is 1.05. The smallest absolute Gasteiger partial charge is 0.316 e. The summed E-state index contributed by atoms with van der Waals surface area (Å²) in [6, 6.07) is 9.57. The van der Waals surface area contributed by atoms with Gasteiger partial charge in [-0.3, -0.25) is 9.59 Å². The van der Waals surface area contributed by atoms with Gasteiger partial charge in [-0.2, -0.15) is 0 Å². The Labute approximate surface area is 206 Å². The van der Waals surface area contributed by atoms with E-state index in [1.807, 2.05) is 0 Å². The van der Waals surface area contributed by atoms with Crippen LogP contribution in [0, 0.1) is 5.82 Å². The van der Waals surface area contributed by atoms with Crippen molar-refractivity contribution >= 4 is 23.6 Å². The van der Waals surface area contributed by atoms with Crippen LogP contribution in [0.1, 0.15) is 34.8 Å². The molecule has 1 aromatic carbocycles. The normalized spacial score (nSPS) is 15.5. The Kier molecular flexibility index (Phi) is 7.91. The molecule has 0 spiro atoms. The summed E-state index contributed by atoms with van der Waals surface area (Å²) in [5.74, 6) is -0.561. The van der Waals surface area contributed by atoms with Crippen molar-refractivity contribution in [1.29, 1.82) is 0 Å². The van der Waals surface area contributed by atoms with Crippen LogP contribution in [0.25, 0.3) is 11.1 Å². The van der Waals surface area contributed by atoms with Crippen molar-refractivity contribution < 1.29 is 23.5 Å². The number of ether oxygens (including phenoxy) is 2. The van der Waals surface area contributed by atoms with Crippen molar-refractivity contribution in [3.05, 3.63) is 65.9 Å². The molecule has 1 saturated heterocycles. The van der Waals surface area contributed by atoms with E-state index >= 15 is 0 Å². The molecule has 0 radical (unpaired) electrons. The number of aromatic nitrogens is 3. The average Bonchev–Trinajstić information content (AvgIpc) is 2.91. The minimum Gasteiger partial charge on any atom is -0.480 e. The molecule has 3 heterocycles. The Hall–Kier alpha value is -3.53. The monoisotopic (exact) mass is 496 g/mol. The first kappa shape index (κ1) is 24.6. The third-order valence-corrected chi connectivity index (χ3v) is 6.62. The summed E-state index contributed by atoms with van der Waals surface area (Å²) in [5, 5.41) is 0.439. The Morgan fingerprint density at radius 3 is 2.71 bits per heavy atom. The number of esters is 1. The van der Waals surface area contributed by atoms with Gasteiger partial charge in [0.25, 0.3) is 5.91 Å². The number of carbonyl (C=O) groups excluding carboxylic acids is 2. The maximum Gasteiger partial charge on any atom is 0.316 e. The molecule has 1 unspecified atom stereocenters. The second-order valence-electron chi connectivity index (χ2n) is 7.97. The average molecular weight is 497 g/mol. The van der Waals surface area contributed by atoms with Crippen LogP contribution in [0.5, 0.6) is 5.88 Å². The zero-order valence-corrected chi connectivity index (χ0v) is 20.3. The molecule has 35 heavy (non-hydrogen) atoms. The number of piperidine rings is 1. The number of amides is 1. The number of likely N-dealkylation sites (tertiary alicyclic amines) is 1. The van der Waals surface area contributed by atoms with Gasteiger partial charge in [-0.1, -0.05) is 23.9 Å². The highest BCUT2D eigenvalue weighted by molar-refractivity contribution is 7.99. The first-order valence-corrected chi connectivity index (χ1v) is 12.1. The molecule has 1 fully saturated rings. The highest BCUT2D eigenvalue weighted by atomic mass is 32.2. The van der Waals surface area contributed by atoms with E-state index in [0.717, 1.165) is 29.7 Å². The highest BCUT2D eigenvalue weighted by Gasteiger charge is 2.30. The molecule has 10 heteroatoms. The van der Waals surface area contributed by atoms with Gasteiger partial charge in [0.1, 0.15) is 11.4 Å². The lowest BCUT2D eigenvalue weighted by Gasteiger charge is -2.33. The number of rotatable bonds is 7. The fourth-order valence-corrected chi connectivity index (χ4v) is 4.72. The lowest BCUT2D eigenvalue weighted by atomic mass is 9.89. The third kappa shape index (κ3) is 5.76. The molecule has 8 nitrogen and oxygen atoms in total. The molecule has 1 amide bonds. The van der Waals surface area contributed by atoms with Gasteiger partial charge in [-0.05, 0) is 42.7 Å². The van der Waals surface area contributed by atoms with E-state index in [1.165, 1.54) is 38.1 Å². The molecule has 4 rings (SSSR count). The van der Waals surface area contributed by atoms with Gasteiger partial charge in [-0.25, -0.2) is 19.3 Å². The quantitative estimate of drug-likeness (QED) is 0.276. The van der Waals surface area contributed by atoms with Crippen LogP contribution >= 0.6 is 11.8 Å². The van der Waals surface area contributed by atoms with Gasteiger partial charge in [0.05, 0.1) is 25.7 Å². The zero-order valence-electron chi connectivity index (χ0n) is 19.4. The molecule has 0 N–H and O–H groups in total. The Morgan fingerprint density at radius 1 is 1.17 bits per heavy atom. The SMILES string of the molecule is COC(=O)CSc1ncc(-c2ccc(F)cc2)c(C2CCCN(C(=O)c3cccnc3OC)C2)n1. The van der Waals surface area contributed by atoms with Crippen molar-refractivity contribution in [3.63, 3.8) is 0 Å². The number of pyridine rings is 1. The van der Waals surface area contributed by atoms with Crippen LogP contribution in [-0.2, 0) is 9.53 Å². The van der Waals surface area contributed by atoms with Gasteiger partial charge >= 0.3 is 5.97 Å². The van der Waals surface area contributed by atoms with Crippen molar-refractivity contribution in [2.45, 2.75) is 23.9 Å². The molecular formula is C25H25FN4O4S. The first-order valence-electron chi connectivity index (χ1n) is 11.1. The topological polar surface area (TPSA) is 94.5 Å². The van der Waals surface area contributed by atoms with Gasteiger partial charge < -0.3 is 14.4 Å². The van der Waals surface area contributed by atoms with E-state index in [9.17, 15) is 14.0 Å². The van der Waals surface area contributed by atoms with Crippen LogP contribution in [-0.4, -0.2) is 64.8 Å². The van der Waals surface area contributed by atoms with Gasteiger partial charge in [0.15, 0.2) is 5.16 Å². The van der Waals surface area contributed by atoms with Crippen LogP contribution in [0.15, 0.2) is 53.9 Å². The first-order chi connectivity index (χ1) is 17.0. The predicted octanol–water partition coefficient (Wildman–Crippen LogP) is 3.97. The second-order valence-corrected chi connectivity index (χ2v) is 8.92. The van der Waals surface area contributed by atoms with Crippen LogP contribution in [0.4, 0.5) is 4.39 Å². The molecule has 0 bridgehead atoms. The molecule has 0 saturated carbocycles. The van der Waals surface area contributed by atoms with Crippen molar-refractivity contribution in [1.82, 2.24) is 19.9 Å². The van der Waals surface area contributed by atoms with Crippen LogP contribution in [0.2, 0.25) is 0 Å². The van der Waals surface area contributed by atoms with E-state index < -0.39 is 0 Å². The number of carbonyl (C=O) groups is 2. The number of hydrogen-bond donors (Lipinski definition) is 0. The van der Waals surface area contributed by atoms with E-state index in [0.29, 0.717) is 23.8 Å². The van der Waals surface area contributed by atoms with Crippen molar-refractivity contribution in [3.8, 4) is 17.0 Å². The van der Waals surface area contributed by atoms with Gasteiger partial charge in [0, 0.05) is 37.0 Å². The van der Waals surface area contributed by atoms with E-state index in [-0.39, 0.29) is 35.2 Å². The summed E-state index contributed by atoms with van der Waals surface area (Å²) in [4.78, 5) is 40.0. The number of thioether (sulfide) groups is 1. The Balaban J connectivity index is 1.65. The summed E-state index contributed by atoms with van der Waals surface area (Å²) in [6.07, 6.45) is 4.88. The summed E-state index contributed by atoms with van der Waals surface area (Å²) < 4.78 is 23.5. The van der Waals surface area contributed by atoms with Crippen molar-refractivity contribution in [2.75, 3.05) is 33.1 Å². The fraction of sp³-hybridized carbons (Fsp3) is 0.320. The molecule has 1 aliphatic heterocycles. The number of methoxy groups -OCH3 is 2. The second kappa shape index (κ2) is 11.3. The maximum atomic E-state index is 13.6. The lowest BCUT2D eigenvalue weighted by molar-refractivity contribution is -0.137. The number of benzene rings is 1. The number of nitrogens with zero attached hydrogens (tertiary/aromatic N) is 4. The molecule has 182 valence electrons. The van der Waals surface area contributed by atoms with E-state index in [4.69, 9.17) is 14.5 Å². The molecule has 1 atom stereocenters. The zero-order chi connectivity index (χ0) is 24.8. The van der Waals surface area contributed by atoms with Gasteiger partial charge in [0.2, 0.25) is 5.88 Å². The van der Waals surface area contributed by atoms with E-state index in [2.05, 4.69) is 9.97 Å². The molecule has 2 aromatic heterocycles. The minimum absolute atomic E-state index is 0.0732. The summed E-state index contributed by atoms with van der Waals surface area (Å²) in [7, 11) is 2.82. The van der Waals surface area contributed by atoms with Crippen LogP contribution < -0.4 is 4.74 Å². The Morgan fingerprint density at radius 2 is 1.97 bits per heavy atom. The molecule has 3 aromatic rings. The van der Waals surface area contributed by atoms with Crippen molar-refractivity contribution in [2.24, 2.45) is 0 Å². The summed E-state index contributed by atoms with van der Waals surface area (Å²) in [5.41, 5.74) is 2.72. The van der Waals surface area contributed by atoms with E-state index in [1.54, 1.807) is 41.6 Å². The fourth-order valence-electron chi connectivity index (χ4n) is 4.06. The minimum atomic E-state index is -0.373. The molecule has 1 aliphatic rings. The number of hydrogen-bond acceptors (Lipinski definition) is 8. The largest absolute Gasteiger partial charge is 0.480 e. The number of halogens is 1. The standard InChI is InChI=1S/C25H25FN4O4S/c1-33-21(31)15-35-25-28-13-20(16-7-9-18(26)10-8-16)22(29-25)17-5-4-12-30(14-17)24(32)19-6-3-11-27-23(19)34-2/h3,6-11,13,17H,4-5,12,14-15H2,1-2H3. The van der Waals surface area contributed by atoms with Gasteiger partial charge in [-0.15, -0.1) is 0 Å².